The van der Waals surface area contributed by atoms with Crippen molar-refractivity contribution in [3.8, 4) is 0 Å². The van der Waals surface area contributed by atoms with E-state index >= 15 is 0 Å². The number of hydrogen-bond donors (Lipinski definition) is 1. The van der Waals surface area contributed by atoms with Crippen molar-refractivity contribution < 1.29 is 13.2 Å². The molecule has 2 aromatic heterocycles. The summed E-state index contributed by atoms with van der Waals surface area (Å²) in [6, 6.07) is 3.10. The average molecular weight is 572 g/mol. The Balaban J connectivity index is 1.17. The first-order valence-electron chi connectivity index (χ1n) is 12.5. The van der Waals surface area contributed by atoms with Gasteiger partial charge < -0.3 is 15.5 Å². The van der Waals surface area contributed by atoms with Crippen LogP contribution in [0.2, 0.25) is 5.02 Å². The van der Waals surface area contributed by atoms with Gasteiger partial charge in [-0.15, -0.1) is 0 Å². The molecule has 3 aliphatic heterocycles. The highest BCUT2D eigenvalue weighted by atomic mass is 35.5. The zero-order valence-corrected chi connectivity index (χ0v) is 22.6. The lowest BCUT2D eigenvalue weighted by Crippen LogP contribution is -2.43. The quantitative estimate of drug-likeness (QED) is 0.498. The topological polar surface area (TPSA) is 83.0 Å². The van der Waals surface area contributed by atoms with Crippen LogP contribution in [0.4, 0.5) is 19.0 Å². The monoisotopic (exact) mass is 571 g/mol. The van der Waals surface area contributed by atoms with Crippen LogP contribution in [0.1, 0.15) is 29.7 Å². The van der Waals surface area contributed by atoms with Crippen LogP contribution >= 0.6 is 23.4 Å². The van der Waals surface area contributed by atoms with Gasteiger partial charge >= 0.3 is 6.18 Å². The third kappa shape index (κ3) is 4.93. The van der Waals surface area contributed by atoms with Gasteiger partial charge in [-0.25, -0.2) is 15.0 Å². The van der Waals surface area contributed by atoms with E-state index in [0.717, 1.165) is 77.1 Å². The fourth-order valence-electron chi connectivity index (χ4n) is 5.49. The molecule has 2 aromatic rings. The van der Waals surface area contributed by atoms with Crippen LogP contribution in [-0.4, -0.2) is 51.6 Å². The minimum Gasteiger partial charge on any atom is -0.382 e. The molecule has 0 amide bonds. The molecular weight excluding hydrogens is 547 g/mol. The lowest BCUT2D eigenvalue weighted by molar-refractivity contribution is -0.137. The number of nitrogens with zero attached hydrogens (tertiary/aromatic N) is 6. The van der Waals surface area contributed by atoms with Gasteiger partial charge in [0.15, 0.2) is 0 Å². The van der Waals surface area contributed by atoms with Gasteiger partial charge in [0.2, 0.25) is 0 Å². The minimum absolute atomic E-state index is 0.0549. The molecule has 0 aromatic carbocycles. The summed E-state index contributed by atoms with van der Waals surface area (Å²) in [5, 5.41) is 0.410. The van der Waals surface area contributed by atoms with Gasteiger partial charge in [-0.3, -0.25) is 4.98 Å². The second-order valence-corrected chi connectivity index (χ2v) is 11.6. The van der Waals surface area contributed by atoms with Gasteiger partial charge in [0.25, 0.3) is 0 Å². The number of allylic oxidation sites excluding steroid dienone is 2. The van der Waals surface area contributed by atoms with Crippen molar-refractivity contribution in [1.82, 2.24) is 19.8 Å². The summed E-state index contributed by atoms with van der Waals surface area (Å²) in [5.74, 6) is 2.60. The molecule has 202 valence electrons. The highest BCUT2D eigenvalue weighted by Crippen LogP contribution is 2.45. The lowest BCUT2D eigenvalue weighted by Gasteiger charge is -2.40. The van der Waals surface area contributed by atoms with Crippen molar-refractivity contribution >= 4 is 40.9 Å². The van der Waals surface area contributed by atoms with Crippen LogP contribution in [0.3, 0.4) is 0 Å². The summed E-state index contributed by atoms with van der Waals surface area (Å²) in [6.07, 6.45) is 8.85. The zero-order valence-electron chi connectivity index (χ0n) is 21.0. The number of halogens is 4. The van der Waals surface area contributed by atoms with E-state index in [1.807, 2.05) is 36.2 Å². The number of fused-ring (bicyclic) bond motifs is 3. The van der Waals surface area contributed by atoms with Crippen molar-refractivity contribution in [3.63, 3.8) is 0 Å². The number of hydrogen-bond acceptors (Lipinski definition) is 8. The van der Waals surface area contributed by atoms with Crippen LogP contribution in [0.15, 0.2) is 74.6 Å². The SMILES string of the molecule is CN1C2=CC=C(Sc3ccnc(N)c3Cl)/C1=N/C=C/C(N1CCC3(CC1)Cc1cc(C(F)(F)F)cnc1C3)=N\2. The first-order chi connectivity index (χ1) is 18.6. The summed E-state index contributed by atoms with van der Waals surface area (Å²) >= 11 is 7.81. The highest BCUT2D eigenvalue weighted by Gasteiger charge is 2.42. The maximum absolute atomic E-state index is 13.2. The minimum atomic E-state index is -4.37. The molecule has 5 heterocycles. The Morgan fingerprint density at radius 3 is 2.69 bits per heavy atom. The third-order valence-corrected chi connectivity index (χ3v) is 9.27. The van der Waals surface area contributed by atoms with Crippen molar-refractivity contribution in [2.24, 2.45) is 15.4 Å². The number of anilines is 1. The zero-order chi connectivity index (χ0) is 27.4. The number of pyridine rings is 2. The van der Waals surface area contributed by atoms with Crippen LogP contribution in [0.25, 0.3) is 0 Å². The molecule has 1 spiro atoms. The van der Waals surface area contributed by atoms with E-state index in [9.17, 15) is 13.2 Å². The van der Waals surface area contributed by atoms with Crippen molar-refractivity contribution in [3.05, 3.63) is 81.5 Å². The van der Waals surface area contributed by atoms with Crippen LogP contribution in [0.5, 0.6) is 0 Å². The van der Waals surface area contributed by atoms with Crippen LogP contribution < -0.4 is 5.73 Å². The Hall–Kier alpha value is -3.31. The summed E-state index contributed by atoms with van der Waals surface area (Å²) in [5.41, 5.74) is 6.67. The number of nitrogens with two attached hydrogens (primary N) is 1. The normalized spacial score (nSPS) is 23.6. The van der Waals surface area contributed by atoms with Crippen molar-refractivity contribution in [1.29, 1.82) is 0 Å². The number of amidine groups is 2. The number of thioether (sulfide) groups is 1. The fourth-order valence-corrected chi connectivity index (χ4v) is 6.69. The van der Waals surface area contributed by atoms with Gasteiger partial charge in [0.1, 0.15) is 23.3 Å². The van der Waals surface area contributed by atoms with Crippen LogP contribution in [-0.2, 0) is 19.0 Å². The lowest BCUT2D eigenvalue weighted by atomic mass is 9.76. The summed E-state index contributed by atoms with van der Waals surface area (Å²) in [7, 11) is 1.92. The van der Waals surface area contributed by atoms with E-state index in [2.05, 4.69) is 14.9 Å². The number of likely N-dealkylation sites (N-methyl/N-ethyl adjacent to an activating group) is 1. The molecule has 4 aliphatic rings. The molecule has 0 unspecified atom stereocenters. The number of aliphatic imine (C=N–C) groups is 2. The molecule has 2 bridgehead atoms. The average Bonchev–Trinajstić information content (AvgIpc) is 3.25. The van der Waals surface area contributed by atoms with Gasteiger partial charge in [-0.2, -0.15) is 13.2 Å². The second kappa shape index (κ2) is 9.71. The summed E-state index contributed by atoms with van der Waals surface area (Å²) in [6.45, 7) is 1.52. The number of likely N-dealkylation sites (tertiary alicyclic amines) is 1. The molecule has 39 heavy (non-hydrogen) atoms. The Morgan fingerprint density at radius 1 is 1.13 bits per heavy atom. The number of alkyl halides is 3. The van der Waals surface area contributed by atoms with Gasteiger partial charge in [-0.05, 0) is 67.0 Å². The fraction of sp³-hybridized carbons (Fsp3) is 0.333. The molecule has 0 radical (unpaired) electrons. The van der Waals surface area contributed by atoms with Gasteiger partial charge in [-0.1, -0.05) is 23.4 Å². The molecule has 0 saturated carbocycles. The van der Waals surface area contributed by atoms with Gasteiger partial charge in [0.05, 0.1) is 15.5 Å². The summed E-state index contributed by atoms with van der Waals surface area (Å²) in [4.78, 5) is 23.7. The van der Waals surface area contributed by atoms with E-state index in [0.29, 0.717) is 11.4 Å². The Labute approximate surface area is 233 Å². The Bertz CT molecular complexity index is 1490. The Kier molecular flexibility index (Phi) is 6.46. The smallest absolute Gasteiger partial charge is 0.382 e. The molecule has 0 atom stereocenters. The van der Waals surface area contributed by atoms with Crippen LogP contribution in [0, 0.1) is 5.41 Å². The third-order valence-electron chi connectivity index (χ3n) is 7.66. The first-order valence-corrected chi connectivity index (χ1v) is 13.7. The Morgan fingerprint density at radius 2 is 1.92 bits per heavy atom. The van der Waals surface area contributed by atoms with E-state index in [-0.39, 0.29) is 11.2 Å². The molecule has 1 saturated heterocycles. The van der Waals surface area contributed by atoms with E-state index in [1.54, 1.807) is 12.4 Å². The molecular formula is C27H25ClF3N7S. The molecule has 1 aliphatic carbocycles. The number of rotatable bonds is 2. The van der Waals surface area contributed by atoms with Crippen molar-refractivity contribution in [2.45, 2.75) is 36.8 Å². The van der Waals surface area contributed by atoms with E-state index in [4.69, 9.17) is 27.3 Å². The van der Waals surface area contributed by atoms with E-state index in [1.165, 1.54) is 17.8 Å². The predicted molar refractivity (Wildman–Crippen MR) is 147 cm³/mol. The molecule has 6 rings (SSSR count). The van der Waals surface area contributed by atoms with Crippen molar-refractivity contribution in [2.75, 3.05) is 25.9 Å². The maximum Gasteiger partial charge on any atom is 0.417 e. The standard InChI is InChI=1S/C27H25ClF3N7S/c1-37-21-3-2-20(39-19-4-8-33-24(32)23(19)28)25(37)34-9-5-22(36-21)38-10-6-26(7-11-38)13-16-12-17(27(29,30)31)15-35-18(16)14-26/h2-5,8-9,12,15H,6-7,10-11,13-14H2,1H3,(H2,32,33)/b9-5+,22-5?,34-9?,34-25-,36-21?,36-22+. The second-order valence-electron chi connectivity index (χ2n) is 10.1. The first kappa shape index (κ1) is 25.9. The largest absolute Gasteiger partial charge is 0.417 e. The molecule has 2 N–H and O–H groups in total. The van der Waals surface area contributed by atoms with E-state index < -0.39 is 11.7 Å². The summed E-state index contributed by atoms with van der Waals surface area (Å²) < 4.78 is 39.5. The maximum atomic E-state index is 13.2. The number of piperidine rings is 1. The highest BCUT2D eigenvalue weighted by molar-refractivity contribution is 8.04. The molecule has 1 fully saturated rings. The van der Waals surface area contributed by atoms with Gasteiger partial charge in [0, 0.05) is 49.3 Å². The molecule has 7 nitrogen and oxygen atoms in total. The number of nitrogen functional groups attached to an aromatic ring is 1. The molecule has 12 heteroatoms. The number of aromatic nitrogens is 2. The predicted octanol–water partition coefficient (Wildman–Crippen LogP) is 5.70.